The standard InChI is InChI=1S/C14H21N3O2/c1-9(2)12(13(16)18)17-14(19)11-5-3-10(4-6-11)7-8-15/h3-6,9,12H,7-8,15H2,1-2H3,(H2,16,18)(H,17,19). The van der Waals surface area contributed by atoms with Gasteiger partial charge in [0, 0.05) is 5.56 Å². The molecule has 5 heteroatoms. The van der Waals surface area contributed by atoms with Crippen molar-refractivity contribution in [2.24, 2.45) is 17.4 Å². The van der Waals surface area contributed by atoms with E-state index in [1.54, 1.807) is 12.1 Å². The number of amides is 2. The highest BCUT2D eigenvalue weighted by Crippen LogP contribution is 2.07. The number of nitrogens with two attached hydrogens (primary N) is 2. The Morgan fingerprint density at radius 3 is 2.21 bits per heavy atom. The maximum atomic E-state index is 12.0. The Labute approximate surface area is 113 Å². The van der Waals surface area contributed by atoms with E-state index in [1.165, 1.54) is 0 Å². The lowest BCUT2D eigenvalue weighted by Crippen LogP contribution is -2.47. The summed E-state index contributed by atoms with van der Waals surface area (Å²) in [7, 11) is 0. The van der Waals surface area contributed by atoms with Crippen molar-refractivity contribution in [3.05, 3.63) is 35.4 Å². The number of carbonyl (C=O) groups is 2. The molecule has 19 heavy (non-hydrogen) atoms. The van der Waals surface area contributed by atoms with E-state index in [2.05, 4.69) is 5.32 Å². The van der Waals surface area contributed by atoms with Crippen LogP contribution in [-0.4, -0.2) is 24.4 Å². The Bertz CT molecular complexity index is 441. The van der Waals surface area contributed by atoms with E-state index in [0.717, 1.165) is 12.0 Å². The maximum Gasteiger partial charge on any atom is 0.251 e. The predicted molar refractivity (Wildman–Crippen MR) is 74.5 cm³/mol. The third kappa shape index (κ3) is 4.37. The van der Waals surface area contributed by atoms with E-state index < -0.39 is 11.9 Å². The topological polar surface area (TPSA) is 98.2 Å². The molecule has 0 aromatic heterocycles. The molecule has 5 N–H and O–H groups in total. The molecule has 104 valence electrons. The lowest BCUT2D eigenvalue weighted by atomic mass is 10.0. The van der Waals surface area contributed by atoms with Crippen molar-refractivity contribution in [3.63, 3.8) is 0 Å². The zero-order valence-corrected chi connectivity index (χ0v) is 11.3. The van der Waals surface area contributed by atoms with E-state index in [0.29, 0.717) is 12.1 Å². The van der Waals surface area contributed by atoms with E-state index >= 15 is 0 Å². The number of primary amides is 1. The normalized spacial score (nSPS) is 12.2. The zero-order chi connectivity index (χ0) is 14.4. The highest BCUT2D eigenvalue weighted by molar-refractivity contribution is 5.97. The Balaban J connectivity index is 2.74. The molecular weight excluding hydrogens is 242 g/mol. The van der Waals surface area contributed by atoms with Gasteiger partial charge in [-0.05, 0) is 36.6 Å². The summed E-state index contributed by atoms with van der Waals surface area (Å²) in [5.74, 6) is -0.863. The minimum Gasteiger partial charge on any atom is -0.368 e. The van der Waals surface area contributed by atoms with Gasteiger partial charge in [-0.25, -0.2) is 0 Å². The monoisotopic (exact) mass is 263 g/mol. The van der Waals surface area contributed by atoms with Crippen molar-refractivity contribution in [1.82, 2.24) is 5.32 Å². The van der Waals surface area contributed by atoms with Crippen LogP contribution in [0.2, 0.25) is 0 Å². The molecule has 2 amide bonds. The van der Waals surface area contributed by atoms with Crippen LogP contribution in [0.25, 0.3) is 0 Å². The molecule has 5 nitrogen and oxygen atoms in total. The van der Waals surface area contributed by atoms with Crippen LogP contribution in [0.5, 0.6) is 0 Å². The second-order valence-electron chi connectivity index (χ2n) is 4.83. The van der Waals surface area contributed by atoms with Gasteiger partial charge in [-0.1, -0.05) is 26.0 Å². The van der Waals surface area contributed by atoms with Gasteiger partial charge in [0.2, 0.25) is 5.91 Å². The molecule has 0 radical (unpaired) electrons. The third-order valence-electron chi connectivity index (χ3n) is 2.91. The predicted octanol–water partition coefficient (Wildman–Crippen LogP) is 0.428. The van der Waals surface area contributed by atoms with E-state index in [-0.39, 0.29) is 11.8 Å². The average molecular weight is 263 g/mol. The largest absolute Gasteiger partial charge is 0.368 e. The average Bonchev–Trinajstić information content (AvgIpc) is 2.36. The first-order chi connectivity index (χ1) is 8.95. The maximum absolute atomic E-state index is 12.0. The fraction of sp³-hybridized carbons (Fsp3) is 0.429. The SMILES string of the molecule is CC(C)C(NC(=O)c1ccc(CCN)cc1)C(N)=O. The van der Waals surface area contributed by atoms with Crippen molar-refractivity contribution in [1.29, 1.82) is 0 Å². The van der Waals surface area contributed by atoms with Crippen LogP contribution in [0.15, 0.2) is 24.3 Å². The minimum atomic E-state index is -0.656. The van der Waals surface area contributed by atoms with Gasteiger partial charge in [-0.2, -0.15) is 0 Å². The fourth-order valence-corrected chi connectivity index (χ4v) is 1.78. The van der Waals surface area contributed by atoms with Gasteiger partial charge >= 0.3 is 0 Å². The molecular formula is C14H21N3O2. The molecule has 0 aliphatic rings. The van der Waals surface area contributed by atoms with Crippen LogP contribution < -0.4 is 16.8 Å². The highest BCUT2D eigenvalue weighted by Gasteiger charge is 2.22. The van der Waals surface area contributed by atoms with Gasteiger partial charge in [-0.15, -0.1) is 0 Å². The van der Waals surface area contributed by atoms with Crippen LogP contribution >= 0.6 is 0 Å². The van der Waals surface area contributed by atoms with Crippen molar-refractivity contribution in [2.75, 3.05) is 6.54 Å². The van der Waals surface area contributed by atoms with Crippen molar-refractivity contribution < 1.29 is 9.59 Å². The van der Waals surface area contributed by atoms with E-state index in [1.807, 2.05) is 26.0 Å². The van der Waals surface area contributed by atoms with Gasteiger partial charge in [0.25, 0.3) is 5.91 Å². The number of hydrogen-bond acceptors (Lipinski definition) is 3. The van der Waals surface area contributed by atoms with Crippen LogP contribution in [0, 0.1) is 5.92 Å². The van der Waals surface area contributed by atoms with E-state index in [9.17, 15) is 9.59 Å². The summed E-state index contributed by atoms with van der Waals surface area (Å²) in [6, 6.07) is 6.50. The summed E-state index contributed by atoms with van der Waals surface area (Å²) >= 11 is 0. The van der Waals surface area contributed by atoms with Gasteiger partial charge in [0.1, 0.15) is 6.04 Å². The Hall–Kier alpha value is -1.88. The molecule has 0 spiro atoms. The second-order valence-corrected chi connectivity index (χ2v) is 4.83. The molecule has 1 aromatic carbocycles. The fourth-order valence-electron chi connectivity index (χ4n) is 1.78. The summed E-state index contributed by atoms with van der Waals surface area (Å²) in [4.78, 5) is 23.2. The molecule has 0 bridgehead atoms. The highest BCUT2D eigenvalue weighted by atomic mass is 16.2. The Morgan fingerprint density at radius 1 is 1.21 bits per heavy atom. The van der Waals surface area contributed by atoms with Crippen LogP contribution in [0.3, 0.4) is 0 Å². The van der Waals surface area contributed by atoms with Crippen molar-refractivity contribution >= 4 is 11.8 Å². The number of carbonyl (C=O) groups excluding carboxylic acids is 2. The Morgan fingerprint density at radius 2 is 1.79 bits per heavy atom. The second kappa shape index (κ2) is 6.89. The first kappa shape index (κ1) is 15.2. The molecule has 1 aromatic rings. The molecule has 0 aliphatic heterocycles. The van der Waals surface area contributed by atoms with Gasteiger partial charge in [0.05, 0.1) is 0 Å². The Kier molecular flexibility index (Phi) is 5.51. The lowest BCUT2D eigenvalue weighted by molar-refractivity contribution is -0.120. The van der Waals surface area contributed by atoms with Gasteiger partial charge in [-0.3, -0.25) is 9.59 Å². The first-order valence-corrected chi connectivity index (χ1v) is 6.35. The summed E-state index contributed by atoms with van der Waals surface area (Å²) in [5, 5.41) is 2.65. The zero-order valence-electron chi connectivity index (χ0n) is 11.3. The summed E-state index contributed by atoms with van der Waals surface area (Å²) in [6.45, 7) is 4.24. The minimum absolute atomic E-state index is 0.0436. The van der Waals surface area contributed by atoms with Gasteiger partial charge < -0.3 is 16.8 Å². The number of nitrogens with one attached hydrogen (secondary N) is 1. The van der Waals surface area contributed by atoms with E-state index in [4.69, 9.17) is 11.5 Å². The van der Waals surface area contributed by atoms with Crippen LogP contribution in [-0.2, 0) is 11.2 Å². The van der Waals surface area contributed by atoms with Crippen molar-refractivity contribution in [3.8, 4) is 0 Å². The quantitative estimate of drug-likeness (QED) is 0.694. The third-order valence-corrected chi connectivity index (χ3v) is 2.91. The van der Waals surface area contributed by atoms with Crippen LogP contribution in [0.4, 0.5) is 0 Å². The number of hydrogen-bond donors (Lipinski definition) is 3. The first-order valence-electron chi connectivity index (χ1n) is 6.35. The van der Waals surface area contributed by atoms with Crippen LogP contribution in [0.1, 0.15) is 29.8 Å². The number of rotatable bonds is 6. The lowest BCUT2D eigenvalue weighted by Gasteiger charge is -2.18. The molecule has 0 heterocycles. The molecule has 0 fully saturated rings. The summed E-state index contributed by atoms with van der Waals surface area (Å²) in [6.07, 6.45) is 0.776. The summed E-state index contributed by atoms with van der Waals surface area (Å²) in [5.41, 5.74) is 12.3. The smallest absolute Gasteiger partial charge is 0.251 e. The number of benzene rings is 1. The summed E-state index contributed by atoms with van der Waals surface area (Å²) < 4.78 is 0. The molecule has 1 rings (SSSR count). The molecule has 0 saturated heterocycles. The van der Waals surface area contributed by atoms with Gasteiger partial charge in [0.15, 0.2) is 0 Å². The van der Waals surface area contributed by atoms with Crippen molar-refractivity contribution in [2.45, 2.75) is 26.3 Å². The molecule has 1 unspecified atom stereocenters. The molecule has 1 atom stereocenters. The molecule has 0 saturated carbocycles. The molecule has 0 aliphatic carbocycles.